The first-order chi connectivity index (χ1) is 15.4. The molecule has 1 heterocycles. The van der Waals surface area contributed by atoms with E-state index in [0.717, 1.165) is 22.9 Å². The molecule has 1 aromatic heterocycles. The van der Waals surface area contributed by atoms with Crippen LogP contribution >= 0.6 is 11.8 Å². The van der Waals surface area contributed by atoms with Crippen LogP contribution < -0.4 is 4.74 Å². The normalized spacial score (nSPS) is 11.5. The van der Waals surface area contributed by atoms with Crippen molar-refractivity contribution < 1.29 is 17.9 Å². The van der Waals surface area contributed by atoms with Crippen LogP contribution in [0.25, 0.3) is 17.1 Å². The van der Waals surface area contributed by atoms with E-state index in [2.05, 4.69) is 10.2 Å². The van der Waals surface area contributed by atoms with Crippen molar-refractivity contribution in [2.45, 2.75) is 24.0 Å². The van der Waals surface area contributed by atoms with Crippen LogP contribution in [-0.2, 0) is 11.9 Å². The fraction of sp³-hybridized carbons (Fsp3) is 0.167. The van der Waals surface area contributed by atoms with Gasteiger partial charge in [-0.2, -0.15) is 13.2 Å². The minimum absolute atomic E-state index is 0.109. The molecule has 0 fully saturated rings. The Hall–Kier alpha value is -3.26. The third-order valence-electron chi connectivity index (χ3n) is 5.03. The second-order valence-electron chi connectivity index (χ2n) is 7.10. The van der Waals surface area contributed by atoms with Gasteiger partial charge in [-0.25, -0.2) is 0 Å². The van der Waals surface area contributed by atoms with Gasteiger partial charge in [0.1, 0.15) is 5.75 Å². The molecule has 0 radical (unpaired) electrons. The Labute approximate surface area is 188 Å². The standard InChI is InChI=1S/C24H20F3N3OS/c1-16-7-3-5-9-20(16)22-28-29-23(30(22)18-11-13-19(31-2)14-12-18)32-15-17-8-4-6-10-21(17)24(25,26)27/h3-14H,15H2,1-2H3. The molecule has 0 aliphatic carbocycles. The molecule has 0 atom stereocenters. The highest BCUT2D eigenvalue weighted by atomic mass is 32.2. The lowest BCUT2D eigenvalue weighted by molar-refractivity contribution is -0.138. The summed E-state index contributed by atoms with van der Waals surface area (Å²) in [5.74, 6) is 1.44. The average Bonchev–Trinajstić information content (AvgIpc) is 3.21. The van der Waals surface area contributed by atoms with E-state index in [0.29, 0.717) is 16.7 Å². The van der Waals surface area contributed by atoms with Crippen molar-refractivity contribution in [2.75, 3.05) is 7.11 Å². The Balaban J connectivity index is 1.76. The summed E-state index contributed by atoms with van der Waals surface area (Å²) in [5, 5.41) is 9.22. The number of benzene rings is 3. The number of hydrogen-bond donors (Lipinski definition) is 0. The van der Waals surface area contributed by atoms with Crippen LogP contribution in [0.3, 0.4) is 0 Å². The Bertz CT molecular complexity index is 1220. The number of aryl methyl sites for hydroxylation is 1. The number of rotatable bonds is 6. The molecule has 32 heavy (non-hydrogen) atoms. The van der Waals surface area contributed by atoms with E-state index >= 15 is 0 Å². The third kappa shape index (κ3) is 4.50. The smallest absolute Gasteiger partial charge is 0.416 e. The summed E-state index contributed by atoms with van der Waals surface area (Å²) in [4.78, 5) is 0. The number of hydrogen-bond acceptors (Lipinski definition) is 4. The van der Waals surface area contributed by atoms with Gasteiger partial charge in [0.2, 0.25) is 0 Å². The quantitative estimate of drug-likeness (QED) is 0.309. The molecule has 0 N–H and O–H groups in total. The van der Waals surface area contributed by atoms with Gasteiger partial charge in [0.25, 0.3) is 0 Å². The fourth-order valence-corrected chi connectivity index (χ4v) is 4.35. The van der Waals surface area contributed by atoms with Gasteiger partial charge < -0.3 is 4.74 Å². The van der Waals surface area contributed by atoms with Crippen LogP contribution in [0.15, 0.2) is 78.0 Å². The first-order valence-electron chi connectivity index (χ1n) is 9.82. The number of methoxy groups -OCH3 is 1. The lowest BCUT2D eigenvalue weighted by Crippen LogP contribution is -2.08. The molecule has 4 rings (SSSR count). The molecule has 0 spiro atoms. The zero-order valence-corrected chi connectivity index (χ0v) is 18.2. The highest BCUT2D eigenvalue weighted by Crippen LogP contribution is 2.36. The van der Waals surface area contributed by atoms with Crippen molar-refractivity contribution in [2.24, 2.45) is 0 Å². The highest BCUT2D eigenvalue weighted by molar-refractivity contribution is 7.98. The molecule has 0 aliphatic rings. The number of alkyl halides is 3. The molecule has 3 aromatic carbocycles. The Morgan fingerprint density at radius 3 is 2.28 bits per heavy atom. The maximum Gasteiger partial charge on any atom is 0.416 e. The van der Waals surface area contributed by atoms with Crippen molar-refractivity contribution in [3.05, 3.63) is 89.5 Å². The van der Waals surface area contributed by atoms with Crippen LogP contribution in [0.1, 0.15) is 16.7 Å². The zero-order valence-electron chi connectivity index (χ0n) is 17.4. The molecular formula is C24H20F3N3OS. The van der Waals surface area contributed by atoms with E-state index in [4.69, 9.17) is 4.74 Å². The highest BCUT2D eigenvalue weighted by Gasteiger charge is 2.33. The largest absolute Gasteiger partial charge is 0.497 e. The van der Waals surface area contributed by atoms with Gasteiger partial charge in [0, 0.05) is 17.0 Å². The van der Waals surface area contributed by atoms with Gasteiger partial charge in [0.05, 0.1) is 12.7 Å². The lowest BCUT2D eigenvalue weighted by Gasteiger charge is -2.14. The van der Waals surface area contributed by atoms with E-state index in [1.807, 2.05) is 60.0 Å². The van der Waals surface area contributed by atoms with Crippen LogP contribution in [0.5, 0.6) is 5.75 Å². The minimum Gasteiger partial charge on any atom is -0.497 e. The molecular weight excluding hydrogens is 435 g/mol. The first-order valence-corrected chi connectivity index (χ1v) is 10.8. The monoisotopic (exact) mass is 455 g/mol. The molecule has 0 aliphatic heterocycles. The van der Waals surface area contributed by atoms with Crippen molar-refractivity contribution >= 4 is 11.8 Å². The number of ether oxygens (including phenoxy) is 1. The molecule has 0 unspecified atom stereocenters. The second-order valence-corrected chi connectivity index (χ2v) is 8.04. The van der Waals surface area contributed by atoms with Crippen molar-refractivity contribution in [1.82, 2.24) is 14.8 Å². The maximum absolute atomic E-state index is 13.4. The number of nitrogens with zero attached hydrogens (tertiary/aromatic N) is 3. The third-order valence-corrected chi connectivity index (χ3v) is 6.01. The minimum atomic E-state index is -4.41. The van der Waals surface area contributed by atoms with Gasteiger partial charge in [-0.15, -0.1) is 10.2 Å². The van der Waals surface area contributed by atoms with Gasteiger partial charge in [-0.3, -0.25) is 4.57 Å². The Kier molecular flexibility index (Phi) is 6.23. The summed E-state index contributed by atoms with van der Waals surface area (Å²) in [6.07, 6.45) is -4.41. The van der Waals surface area contributed by atoms with Crippen molar-refractivity contribution in [1.29, 1.82) is 0 Å². The average molecular weight is 456 g/mol. The molecule has 8 heteroatoms. The van der Waals surface area contributed by atoms with Gasteiger partial charge in [-0.05, 0) is 48.4 Å². The molecule has 0 saturated heterocycles. The van der Waals surface area contributed by atoms with Gasteiger partial charge in [0.15, 0.2) is 11.0 Å². The first kappa shape index (κ1) is 22.0. The van der Waals surface area contributed by atoms with Crippen molar-refractivity contribution in [3.8, 4) is 22.8 Å². The Morgan fingerprint density at radius 2 is 1.59 bits per heavy atom. The predicted octanol–water partition coefficient (Wildman–Crippen LogP) is 6.56. The topological polar surface area (TPSA) is 39.9 Å². The summed E-state index contributed by atoms with van der Waals surface area (Å²) >= 11 is 1.21. The van der Waals surface area contributed by atoms with Crippen LogP contribution in [0.2, 0.25) is 0 Å². The van der Waals surface area contributed by atoms with E-state index in [-0.39, 0.29) is 11.3 Å². The summed E-state index contributed by atoms with van der Waals surface area (Å²) < 4.78 is 47.3. The van der Waals surface area contributed by atoms with E-state index in [1.54, 1.807) is 13.2 Å². The van der Waals surface area contributed by atoms with Gasteiger partial charge >= 0.3 is 6.18 Å². The van der Waals surface area contributed by atoms with Crippen molar-refractivity contribution in [3.63, 3.8) is 0 Å². The van der Waals surface area contributed by atoms with E-state index < -0.39 is 11.7 Å². The summed E-state index contributed by atoms with van der Waals surface area (Å²) in [6, 6.07) is 20.8. The Morgan fingerprint density at radius 1 is 0.906 bits per heavy atom. The second kappa shape index (κ2) is 9.08. The number of thioether (sulfide) groups is 1. The van der Waals surface area contributed by atoms with E-state index in [1.165, 1.54) is 23.9 Å². The molecule has 0 amide bonds. The SMILES string of the molecule is COc1ccc(-n2c(SCc3ccccc3C(F)(F)F)nnc2-c2ccccc2C)cc1. The summed E-state index contributed by atoms with van der Waals surface area (Å²) in [5.41, 5.74) is 2.28. The number of aromatic nitrogens is 3. The molecule has 4 nitrogen and oxygen atoms in total. The molecule has 0 bridgehead atoms. The van der Waals surface area contributed by atoms with Crippen LogP contribution in [0.4, 0.5) is 13.2 Å². The van der Waals surface area contributed by atoms with E-state index in [9.17, 15) is 13.2 Å². The van der Waals surface area contributed by atoms with Crippen LogP contribution in [0, 0.1) is 6.92 Å². The maximum atomic E-state index is 13.4. The van der Waals surface area contributed by atoms with Crippen LogP contribution in [-0.4, -0.2) is 21.9 Å². The summed E-state index contributed by atoms with van der Waals surface area (Å²) in [7, 11) is 1.59. The number of halogens is 3. The molecule has 0 saturated carbocycles. The van der Waals surface area contributed by atoms with Gasteiger partial charge in [-0.1, -0.05) is 54.2 Å². The molecule has 164 valence electrons. The molecule has 4 aromatic rings. The summed E-state index contributed by atoms with van der Waals surface area (Å²) in [6.45, 7) is 1.98. The predicted molar refractivity (Wildman–Crippen MR) is 119 cm³/mol. The zero-order chi connectivity index (χ0) is 22.7. The fourth-order valence-electron chi connectivity index (χ4n) is 3.39. The lowest BCUT2D eigenvalue weighted by atomic mass is 10.1.